The number of hydrogen-bond donors (Lipinski definition) is 0. The van der Waals surface area contributed by atoms with E-state index in [2.05, 4.69) is 33.3 Å². The first-order chi connectivity index (χ1) is 13.8. The van der Waals surface area contributed by atoms with Gasteiger partial charge >= 0.3 is 0 Å². The van der Waals surface area contributed by atoms with Crippen LogP contribution in [-0.4, -0.2) is 54.3 Å². The molecule has 1 aliphatic rings. The fourth-order valence-corrected chi connectivity index (χ4v) is 2.60. The average Bonchev–Trinajstić information content (AvgIpc) is 3.17. The first kappa shape index (κ1) is 26.1. The molecule has 28 heavy (non-hydrogen) atoms. The quantitative estimate of drug-likeness (QED) is 0.427. The maximum Gasteiger partial charge on any atom is 0.134 e. The Bertz CT molecular complexity index is 542. The van der Waals surface area contributed by atoms with Crippen LogP contribution in [0.1, 0.15) is 52.5 Å². The van der Waals surface area contributed by atoms with Crippen LogP contribution in [0.2, 0.25) is 0 Å². The van der Waals surface area contributed by atoms with Gasteiger partial charge in [0.15, 0.2) is 0 Å². The molecular formula is C23H41N3O2. The minimum Gasteiger partial charge on any atom is -0.375 e. The van der Waals surface area contributed by atoms with Gasteiger partial charge < -0.3 is 14.2 Å². The van der Waals surface area contributed by atoms with E-state index in [9.17, 15) is 0 Å². The van der Waals surface area contributed by atoms with Gasteiger partial charge in [0, 0.05) is 45.4 Å². The van der Waals surface area contributed by atoms with Crippen molar-refractivity contribution < 1.29 is 9.26 Å². The highest BCUT2D eigenvalue weighted by atomic mass is 16.5. The summed E-state index contributed by atoms with van der Waals surface area (Å²) in [6, 6.07) is 1.92. The zero-order valence-electron chi connectivity index (χ0n) is 18.9. The highest BCUT2D eigenvalue weighted by Gasteiger charge is 2.13. The van der Waals surface area contributed by atoms with Crippen LogP contribution < -0.4 is 0 Å². The Morgan fingerprint density at radius 3 is 2.32 bits per heavy atom. The molecule has 0 aromatic carbocycles. The van der Waals surface area contributed by atoms with Gasteiger partial charge in [0.2, 0.25) is 0 Å². The number of allylic oxidation sites excluding steroid dienone is 5. The van der Waals surface area contributed by atoms with Crippen molar-refractivity contribution in [3.05, 3.63) is 54.1 Å². The predicted molar refractivity (Wildman–Crippen MR) is 119 cm³/mol. The molecule has 1 fully saturated rings. The molecule has 0 atom stereocenters. The fourth-order valence-electron chi connectivity index (χ4n) is 2.60. The maximum atomic E-state index is 5.65. The number of ether oxygens (including phenoxy) is 1. The molecule has 0 radical (unpaired) electrons. The van der Waals surface area contributed by atoms with Gasteiger partial charge in [0.1, 0.15) is 11.5 Å². The summed E-state index contributed by atoms with van der Waals surface area (Å²) >= 11 is 0. The van der Waals surface area contributed by atoms with E-state index in [0.29, 0.717) is 6.61 Å². The van der Waals surface area contributed by atoms with Crippen molar-refractivity contribution in [2.75, 3.05) is 39.3 Å². The topological polar surface area (TPSA) is 41.7 Å². The van der Waals surface area contributed by atoms with Crippen LogP contribution in [0.15, 0.2) is 47.2 Å². The van der Waals surface area contributed by atoms with Gasteiger partial charge in [-0.1, -0.05) is 57.2 Å². The lowest BCUT2D eigenvalue weighted by molar-refractivity contribution is 0.0959. The number of aryl methyl sites for hydroxylation is 1. The number of rotatable bonds is 9. The molecule has 0 spiro atoms. The molecule has 2 rings (SSSR count). The van der Waals surface area contributed by atoms with Crippen LogP contribution in [0.3, 0.4) is 0 Å². The smallest absolute Gasteiger partial charge is 0.134 e. The van der Waals surface area contributed by atoms with Crippen molar-refractivity contribution in [2.24, 2.45) is 0 Å². The molecule has 0 N–H and O–H groups in total. The fraction of sp³-hybridized carbons (Fsp3) is 0.609. The number of nitrogens with zero attached hydrogens (tertiary/aromatic N) is 3. The monoisotopic (exact) mass is 391 g/mol. The highest BCUT2D eigenvalue weighted by Crippen LogP contribution is 2.05. The molecule has 0 amide bonds. The number of aromatic nitrogens is 1. The van der Waals surface area contributed by atoms with Crippen LogP contribution in [0.4, 0.5) is 0 Å². The molecule has 5 nitrogen and oxygen atoms in total. The third kappa shape index (κ3) is 12.5. The molecule has 5 heteroatoms. The van der Waals surface area contributed by atoms with Crippen molar-refractivity contribution >= 4 is 0 Å². The van der Waals surface area contributed by atoms with E-state index < -0.39 is 0 Å². The van der Waals surface area contributed by atoms with Crippen molar-refractivity contribution in [3.63, 3.8) is 0 Å². The third-order valence-corrected chi connectivity index (χ3v) is 3.92. The van der Waals surface area contributed by atoms with Gasteiger partial charge in [-0.3, -0.25) is 4.90 Å². The Kier molecular flexibility index (Phi) is 17.3. The first-order valence-corrected chi connectivity index (χ1v) is 10.7. The van der Waals surface area contributed by atoms with E-state index in [0.717, 1.165) is 57.2 Å². The standard InChI is InChI=1S/C19H29N3O2.2C2H6/c1-3-4-5-6-7-9-21-11-13-22(14-12-21)10-8-15-23-17-19-16-18(2)24-20-19;2*1-2/h3-7,9,16H,8,10-15,17H2,1-2H3;2*1-2H3/b4-3-,6-5-,9-7+;;. The van der Waals surface area contributed by atoms with Crippen molar-refractivity contribution in [1.29, 1.82) is 0 Å². The largest absolute Gasteiger partial charge is 0.375 e. The molecule has 1 aliphatic heterocycles. The van der Waals surface area contributed by atoms with Crippen LogP contribution >= 0.6 is 0 Å². The van der Waals surface area contributed by atoms with E-state index in [1.54, 1.807) is 0 Å². The van der Waals surface area contributed by atoms with Gasteiger partial charge in [0.25, 0.3) is 0 Å². The summed E-state index contributed by atoms with van der Waals surface area (Å²) in [6.45, 7) is 18.7. The summed E-state index contributed by atoms with van der Waals surface area (Å²) in [7, 11) is 0. The second-order valence-corrected chi connectivity index (χ2v) is 5.96. The van der Waals surface area contributed by atoms with E-state index in [-0.39, 0.29) is 0 Å². The van der Waals surface area contributed by atoms with Crippen LogP contribution in [-0.2, 0) is 11.3 Å². The second kappa shape index (κ2) is 18.5. The van der Waals surface area contributed by atoms with Crippen LogP contribution in [0.25, 0.3) is 0 Å². The number of piperazine rings is 1. The van der Waals surface area contributed by atoms with Gasteiger partial charge in [-0.15, -0.1) is 0 Å². The summed E-state index contributed by atoms with van der Waals surface area (Å²) < 4.78 is 10.7. The van der Waals surface area contributed by atoms with E-state index >= 15 is 0 Å². The van der Waals surface area contributed by atoms with E-state index in [1.807, 2.05) is 65.8 Å². The zero-order chi connectivity index (χ0) is 21.0. The first-order valence-electron chi connectivity index (χ1n) is 10.7. The molecule has 1 aromatic heterocycles. The highest BCUT2D eigenvalue weighted by molar-refractivity contribution is 5.10. The Morgan fingerprint density at radius 2 is 1.71 bits per heavy atom. The van der Waals surface area contributed by atoms with Crippen molar-refractivity contribution in [2.45, 2.75) is 54.6 Å². The molecule has 160 valence electrons. The summed E-state index contributed by atoms with van der Waals surface area (Å²) in [4.78, 5) is 4.88. The van der Waals surface area contributed by atoms with Crippen LogP contribution in [0.5, 0.6) is 0 Å². The summed E-state index contributed by atoms with van der Waals surface area (Å²) in [5.41, 5.74) is 0.872. The van der Waals surface area contributed by atoms with E-state index in [1.165, 1.54) is 0 Å². The van der Waals surface area contributed by atoms with Gasteiger partial charge in [0.05, 0.1) is 6.61 Å². The summed E-state index contributed by atoms with van der Waals surface area (Å²) in [5.74, 6) is 0.831. The molecule has 1 aromatic rings. The predicted octanol–water partition coefficient (Wildman–Crippen LogP) is 5.21. The second-order valence-electron chi connectivity index (χ2n) is 5.96. The normalized spacial score (nSPS) is 15.0. The Morgan fingerprint density at radius 1 is 1.04 bits per heavy atom. The number of hydrogen-bond acceptors (Lipinski definition) is 5. The lowest BCUT2D eigenvalue weighted by Crippen LogP contribution is -2.44. The Labute approximate surface area is 172 Å². The molecule has 0 unspecified atom stereocenters. The molecule has 0 aliphatic carbocycles. The Balaban J connectivity index is 0.00000171. The van der Waals surface area contributed by atoms with Gasteiger partial charge in [-0.05, 0) is 32.5 Å². The Hall–Kier alpha value is -1.85. The maximum absolute atomic E-state index is 5.65. The van der Waals surface area contributed by atoms with Gasteiger partial charge in [-0.25, -0.2) is 0 Å². The molecule has 0 saturated carbocycles. The van der Waals surface area contributed by atoms with Crippen molar-refractivity contribution in [1.82, 2.24) is 15.0 Å². The van der Waals surface area contributed by atoms with Crippen LogP contribution in [0, 0.1) is 6.92 Å². The summed E-state index contributed by atoms with van der Waals surface area (Å²) in [6.07, 6.45) is 13.5. The molecule has 2 heterocycles. The van der Waals surface area contributed by atoms with Crippen molar-refractivity contribution in [3.8, 4) is 0 Å². The molecular weight excluding hydrogens is 350 g/mol. The molecule has 0 bridgehead atoms. The third-order valence-electron chi connectivity index (χ3n) is 3.92. The SMILES string of the molecule is CC.CC.C\C=C/C=C\C=C\N1CCN(CCCOCc2cc(C)on2)CC1. The zero-order valence-corrected chi connectivity index (χ0v) is 18.9. The minimum atomic E-state index is 0.538. The van der Waals surface area contributed by atoms with Gasteiger partial charge in [-0.2, -0.15) is 0 Å². The minimum absolute atomic E-state index is 0.538. The van der Waals surface area contributed by atoms with E-state index in [4.69, 9.17) is 9.26 Å². The molecule has 1 saturated heterocycles. The summed E-state index contributed by atoms with van der Waals surface area (Å²) in [5, 5.41) is 3.92. The lowest BCUT2D eigenvalue weighted by atomic mass is 10.3. The lowest BCUT2D eigenvalue weighted by Gasteiger charge is -2.34. The average molecular weight is 392 g/mol.